The monoisotopic (exact) mass is 219 g/mol. The van der Waals surface area contributed by atoms with E-state index in [0.717, 1.165) is 25.8 Å². The summed E-state index contributed by atoms with van der Waals surface area (Å²) in [4.78, 5) is 14.4. The van der Waals surface area contributed by atoms with Gasteiger partial charge in [0.05, 0.1) is 6.04 Å². The Hall–Kier alpha value is -1.05. The van der Waals surface area contributed by atoms with Crippen molar-refractivity contribution in [3.05, 3.63) is 23.8 Å². The lowest BCUT2D eigenvalue weighted by Gasteiger charge is -2.45. The summed E-state index contributed by atoms with van der Waals surface area (Å²) < 4.78 is 0. The minimum absolute atomic E-state index is 0.203. The molecule has 0 bridgehead atoms. The second-order valence-electron chi connectivity index (χ2n) is 5.41. The van der Waals surface area contributed by atoms with E-state index in [2.05, 4.69) is 30.1 Å². The molecule has 1 amide bonds. The van der Waals surface area contributed by atoms with Gasteiger partial charge in [-0.2, -0.15) is 0 Å². The fourth-order valence-electron chi connectivity index (χ4n) is 2.27. The van der Waals surface area contributed by atoms with Crippen LogP contribution >= 0.6 is 0 Å². The number of amides is 1. The van der Waals surface area contributed by atoms with Gasteiger partial charge in [0, 0.05) is 12.0 Å². The molecular formula is C14H21NO. The molecule has 1 aliphatic carbocycles. The van der Waals surface area contributed by atoms with Crippen molar-refractivity contribution in [2.24, 2.45) is 5.41 Å². The molecule has 1 aliphatic heterocycles. The molecule has 2 heteroatoms. The smallest absolute Gasteiger partial charge is 0.228 e. The highest BCUT2D eigenvalue weighted by atomic mass is 16.2. The summed E-state index contributed by atoms with van der Waals surface area (Å²) in [7, 11) is 0. The fraction of sp³-hybridized carbons (Fsp3) is 0.643. The lowest BCUT2D eigenvalue weighted by Crippen LogP contribution is -2.55. The first-order valence-corrected chi connectivity index (χ1v) is 6.23. The minimum Gasteiger partial charge on any atom is -0.335 e. The van der Waals surface area contributed by atoms with E-state index in [1.54, 1.807) is 0 Å². The highest BCUT2D eigenvalue weighted by Gasteiger charge is 2.40. The average Bonchev–Trinajstić information content (AvgIpc) is 2.69. The first-order chi connectivity index (χ1) is 7.56. The van der Waals surface area contributed by atoms with E-state index in [9.17, 15) is 4.79 Å². The molecule has 0 radical (unpaired) electrons. The van der Waals surface area contributed by atoms with Crippen LogP contribution < -0.4 is 0 Å². The van der Waals surface area contributed by atoms with Crippen LogP contribution in [0.2, 0.25) is 0 Å². The maximum absolute atomic E-state index is 12.3. The van der Waals surface area contributed by atoms with E-state index in [-0.39, 0.29) is 5.41 Å². The van der Waals surface area contributed by atoms with Crippen molar-refractivity contribution in [2.45, 2.75) is 46.1 Å². The molecule has 0 saturated carbocycles. The average molecular weight is 219 g/mol. The number of nitrogens with zero attached hydrogens (tertiary/aromatic N) is 1. The van der Waals surface area contributed by atoms with Crippen molar-refractivity contribution in [2.75, 3.05) is 6.54 Å². The van der Waals surface area contributed by atoms with Gasteiger partial charge in [0.1, 0.15) is 0 Å². The number of carbonyl (C=O) groups is 1. The van der Waals surface area contributed by atoms with Gasteiger partial charge in [0.15, 0.2) is 0 Å². The van der Waals surface area contributed by atoms with Crippen LogP contribution in [0.5, 0.6) is 0 Å². The van der Waals surface area contributed by atoms with Gasteiger partial charge in [-0.05, 0) is 24.8 Å². The Bertz CT molecular complexity index is 352. The third kappa shape index (κ3) is 1.81. The predicted octanol–water partition coefficient (Wildman–Crippen LogP) is 2.91. The summed E-state index contributed by atoms with van der Waals surface area (Å²) in [5.41, 5.74) is 1.21. The molecule has 0 aromatic rings. The van der Waals surface area contributed by atoms with Crippen molar-refractivity contribution >= 4 is 5.91 Å². The topological polar surface area (TPSA) is 20.3 Å². The SMILES string of the molecule is CCC(C)(C)C(=O)N1CCC1C1=CC=CC1. The summed E-state index contributed by atoms with van der Waals surface area (Å²) in [6, 6.07) is 0.383. The Kier molecular flexibility index (Phi) is 2.92. The largest absolute Gasteiger partial charge is 0.335 e. The van der Waals surface area contributed by atoms with E-state index >= 15 is 0 Å². The Morgan fingerprint density at radius 2 is 2.31 bits per heavy atom. The van der Waals surface area contributed by atoms with Crippen LogP contribution in [0.4, 0.5) is 0 Å². The lowest BCUT2D eigenvalue weighted by molar-refractivity contribution is -0.147. The standard InChI is InChI=1S/C14H21NO/c1-4-14(2,3)13(16)15-10-9-12(15)11-7-5-6-8-11/h5-7,12H,4,8-10H2,1-3H3. The van der Waals surface area contributed by atoms with E-state index in [4.69, 9.17) is 0 Å². The van der Waals surface area contributed by atoms with Crippen molar-refractivity contribution in [3.8, 4) is 0 Å². The van der Waals surface area contributed by atoms with Crippen LogP contribution in [0, 0.1) is 5.41 Å². The van der Waals surface area contributed by atoms with Crippen LogP contribution in [-0.2, 0) is 4.79 Å². The van der Waals surface area contributed by atoms with Gasteiger partial charge < -0.3 is 4.90 Å². The summed E-state index contributed by atoms with van der Waals surface area (Å²) in [6.07, 6.45) is 9.51. The highest BCUT2D eigenvalue weighted by molar-refractivity contribution is 5.83. The summed E-state index contributed by atoms with van der Waals surface area (Å²) in [5.74, 6) is 0.319. The quantitative estimate of drug-likeness (QED) is 0.714. The van der Waals surface area contributed by atoms with Gasteiger partial charge in [-0.3, -0.25) is 4.79 Å². The van der Waals surface area contributed by atoms with Crippen LogP contribution in [0.15, 0.2) is 23.8 Å². The zero-order valence-corrected chi connectivity index (χ0v) is 10.5. The molecule has 2 nitrogen and oxygen atoms in total. The number of carbonyl (C=O) groups excluding carboxylic acids is 1. The zero-order chi connectivity index (χ0) is 11.8. The molecule has 1 saturated heterocycles. The van der Waals surface area contributed by atoms with Crippen LogP contribution in [-0.4, -0.2) is 23.4 Å². The number of rotatable bonds is 3. The maximum atomic E-state index is 12.3. The molecule has 1 fully saturated rings. The van der Waals surface area contributed by atoms with Gasteiger partial charge in [0.2, 0.25) is 5.91 Å². The van der Waals surface area contributed by atoms with Gasteiger partial charge in [-0.1, -0.05) is 39.0 Å². The number of allylic oxidation sites excluding steroid dienone is 3. The number of hydrogen-bond donors (Lipinski definition) is 0. The molecule has 1 atom stereocenters. The van der Waals surface area contributed by atoms with Crippen LogP contribution in [0.1, 0.15) is 40.0 Å². The van der Waals surface area contributed by atoms with Crippen LogP contribution in [0.25, 0.3) is 0 Å². The van der Waals surface area contributed by atoms with Gasteiger partial charge >= 0.3 is 0 Å². The molecule has 0 N–H and O–H groups in total. The minimum atomic E-state index is -0.203. The Morgan fingerprint density at radius 1 is 1.56 bits per heavy atom. The molecule has 1 heterocycles. The molecule has 0 aromatic carbocycles. The summed E-state index contributed by atoms with van der Waals surface area (Å²) in [5, 5.41) is 0. The Balaban J connectivity index is 2.04. The third-order valence-corrected chi connectivity index (χ3v) is 3.97. The fourth-order valence-corrected chi connectivity index (χ4v) is 2.27. The zero-order valence-electron chi connectivity index (χ0n) is 10.5. The van der Waals surface area contributed by atoms with Crippen molar-refractivity contribution in [3.63, 3.8) is 0 Å². The van der Waals surface area contributed by atoms with E-state index in [1.807, 2.05) is 13.8 Å². The third-order valence-electron chi connectivity index (χ3n) is 3.97. The first-order valence-electron chi connectivity index (χ1n) is 6.23. The summed E-state index contributed by atoms with van der Waals surface area (Å²) >= 11 is 0. The molecule has 0 spiro atoms. The molecule has 16 heavy (non-hydrogen) atoms. The molecular weight excluding hydrogens is 198 g/mol. The highest BCUT2D eigenvalue weighted by Crippen LogP contribution is 2.34. The molecule has 2 rings (SSSR count). The maximum Gasteiger partial charge on any atom is 0.228 e. The lowest BCUT2D eigenvalue weighted by atomic mass is 9.84. The van der Waals surface area contributed by atoms with Crippen molar-refractivity contribution in [1.29, 1.82) is 0 Å². The summed E-state index contributed by atoms with van der Waals surface area (Å²) in [6.45, 7) is 7.12. The molecule has 0 aromatic heterocycles. The number of likely N-dealkylation sites (tertiary alicyclic amines) is 1. The van der Waals surface area contributed by atoms with E-state index in [1.165, 1.54) is 5.57 Å². The van der Waals surface area contributed by atoms with E-state index < -0.39 is 0 Å². The second-order valence-corrected chi connectivity index (χ2v) is 5.41. The van der Waals surface area contributed by atoms with Crippen molar-refractivity contribution < 1.29 is 4.79 Å². The second kappa shape index (κ2) is 4.08. The molecule has 88 valence electrons. The van der Waals surface area contributed by atoms with Gasteiger partial charge in [-0.15, -0.1) is 0 Å². The van der Waals surface area contributed by atoms with Crippen molar-refractivity contribution in [1.82, 2.24) is 4.90 Å². The molecule has 1 unspecified atom stereocenters. The first kappa shape index (κ1) is 11.4. The molecule has 2 aliphatic rings. The normalized spacial score (nSPS) is 24.3. The van der Waals surface area contributed by atoms with Gasteiger partial charge in [0.25, 0.3) is 0 Å². The Morgan fingerprint density at radius 3 is 2.75 bits per heavy atom. The number of hydrogen-bond acceptors (Lipinski definition) is 1. The van der Waals surface area contributed by atoms with E-state index in [0.29, 0.717) is 11.9 Å². The Labute approximate surface area is 98.0 Å². The van der Waals surface area contributed by atoms with Gasteiger partial charge in [-0.25, -0.2) is 0 Å². The van der Waals surface area contributed by atoms with Crippen LogP contribution in [0.3, 0.4) is 0 Å². The predicted molar refractivity (Wildman–Crippen MR) is 66.0 cm³/mol.